The van der Waals surface area contributed by atoms with Crippen LogP contribution in [-0.4, -0.2) is 31.1 Å². The van der Waals surface area contributed by atoms with Crippen molar-refractivity contribution in [3.8, 4) is 5.97 Å². The molecule has 1 saturated heterocycles. The van der Waals surface area contributed by atoms with Crippen LogP contribution in [0.2, 0.25) is 12.6 Å². The highest BCUT2D eigenvalue weighted by atomic mass is 79.9. The minimum atomic E-state index is 0.160. The number of hydrazine groups is 1. The van der Waals surface area contributed by atoms with Gasteiger partial charge in [-0.05, 0) is 12.3 Å². The molecule has 1 atom stereocenters. The standard InChI is InChI=1S/C13H16BBrN4O.C2H6/c1-20-12-5-11(9-3-2-4-14(6-9)8-16)18-13-10(15)7-17-19(12)13;1-2/h5,9,17H,2-4,6-7H2,1H3;1-2H3. The smallest absolute Gasteiger partial charge is 0.268 e. The van der Waals surface area contributed by atoms with Gasteiger partial charge in [0.2, 0.25) is 5.88 Å². The molecule has 0 aromatic carbocycles. The van der Waals surface area contributed by atoms with Crippen LogP contribution in [0.15, 0.2) is 27.3 Å². The number of nitrogens with one attached hydrogen (secondary N) is 1. The topological polar surface area (TPSA) is 60.6 Å². The molecular formula is C15H22BBrN4O. The third kappa shape index (κ3) is 3.39. The SMILES string of the molecule is CC.COC1=CC(C2CCCB(C#N)C2)=NC2=C(Br)CNN12. The summed E-state index contributed by atoms with van der Waals surface area (Å²) in [4.78, 5) is 4.76. The zero-order chi connectivity index (χ0) is 16.1. The van der Waals surface area contributed by atoms with Gasteiger partial charge in [0.1, 0.15) is 0 Å². The molecule has 0 aromatic heterocycles. The van der Waals surface area contributed by atoms with Crippen molar-refractivity contribution in [2.45, 2.75) is 39.3 Å². The van der Waals surface area contributed by atoms with Crippen molar-refractivity contribution >= 4 is 28.4 Å². The predicted octanol–water partition coefficient (Wildman–Crippen LogP) is 3.31. The van der Waals surface area contributed by atoms with Crippen molar-refractivity contribution in [3.63, 3.8) is 0 Å². The second-order valence-electron chi connectivity index (χ2n) is 5.31. The highest BCUT2D eigenvalue weighted by Gasteiger charge is 2.33. The Morgan fingerprint density at radius 1 is 1.55 bits per heavy atom. The highest BCUT2D eigenvalue weighted by molar-refractivity contribution is 9.11. The molecule has 3 rings (SSSR count). The molecule has 3 aliphatic rings. The number of halogens is 1. The number of aliphatic imine (C=N–C) groups is 1. The Balaban J connectivity index is 0.000000847. The predicted molar refractivity (Wildman–Crippen MR) is 93.4 cm³/mol. The Morgan fingerprint density at radius 2 is 2.32 bits per heavy atom. The zero-order valence-corrected chi connectivity index (χ0v) is 15.0. The van der Waals surface area contributed by atoms with E-state index >= 15 is 0 Å². The van der Waals surface area contributed by atoms with Crippen LogP contribution in [0.5, 0.6) is 0 Å². The van der Waals surface area contributed by atoms with Gasteiger partial charge in [-0.25, -0.2) is 20.7 Å². The number of allylic oxidation sites excluding steroid dienone is 1. The van der Waals surface area contributed by atoms with Crippen LogP contribution < -0.4 is 5.43 Å². The van der Waals surface area contributed by atoms with Crippen LogP contribution >= 0.6 is 15.9 Å². The molecule has 1 N–H and O–H groups in total. The van der Waals surface area contributed by atoms with Gasteiger partial charge in [0.05, 0.1) is 23.8 Å². The molecule has 118 valence electrons. The summed E-state index contributed by atoms with van der Waals surface area (Å²) in [5, 5.41) is 11.0. The van der Waals surface area contributed by atoms with E-state index < -0.39 is 0 Å². The first kappa shape index (κ1) is 17.1. The number of ether oxygens (including phenoxy) is 1. The van der Waals surface area contributed by atoms with Crippen LogP contribution in [0.1, 0.15) is 26.7 Å². The third-order valence-electron chi connectivity index (χ3n) is 4.06. The molecule has 0 spiro atoms. The van der Waals surface area contributed by atoms with Crippen LogP contribution in [0.25, 0.3) is 0 Å². The normalized spacial score (nSPS) is 23.9. The van der Waals surface area contributed by atoms with E-state index in [2.05, 4.69) is 27.3 Å². The van der Waals surface area contributed by atoms with Gasteiger partial charge in [-0.1, -0.05) is 48.8 Å². The molecule has 5 nitrogen and oxygen atoms in total. The Bertz CT molecular complexity index is 552. The number of methoxy groups -OCH3 is 1. The number of nitrogens with zero attached hydrogens (tertiary/aromatic N) is 3. The Labute approximate surface area is 141 Å². The molecule has 7 heteroatoms. The van der Waals surface area contributed by atoms with Gasteiger partial charge in [0, 0.05) is 12.0 Å². The quantitative estimate of drug-likeness (QED) is 0.763. The maximum absolute atomic E-state index is 9.13. The molecule has 0 saturated carbocycles. The summed E-state index contributed by atoms with van der Waals surface area (Å²) in [6.45, 7) is 4.88. The maximum Gasteiger partial charge on any atom is 0.268 e. The van der Waals surface area contributed by atoms with E-state index in [0.29, 0.717) is 5.92 Å². The minimum Gasteiger partial charge on any atom is -0.481 e. The lowest BCUT2D eigenvalue weighted by Crippen LogP contribution is -2.36. The molecule has 3 aliphatic heterocycles. The van der Waals surface area contributed by atoms with Crippen molar-refractivity contribution in [2.75, 3.05) is 13.7 Å². The molecule has 3 heterocycles. The summed E-state index contributed by atoms with van der Waals surface area (Å²) in [5.41, 5.74) is 4.25. The molecule has 0 amide bonds. The Morgan fingerprint density at radius 3 is 3.00 bits per heavy atom. The highest BCUT2D eigenvalue weighted by Crippen LogP contribution is 2.33. The number of fused-ring (bicyclic) bond motifs is 1. The van der Waals surface area contributed by atoms with Crippen molar-refractivity contribution in [1.82, 2.24) is 10.4 Å². The summed E-state index contributed by atoms with van der Waals surface area (Å²) in [6, 6.07) is 0. The van der Waals surface area contributed by atoms with E-state index in [1.165, 1.54) is 0 Å². The molecule has 0 radical (unpaired) electrons. The van der Waals surface area contributed by atoms with Gasteiger partial charge in [0.25, 0.3) is 6.71 Å². The van der Waals surface area contributed by atoms with Gasteiger partial charge in [-0.15, -0.1) is 0 Å². The third-order valence-corrected chi connectivity index (χ3v) is 4.69. The van der Waals surface area contributed by atoms with E-state index in [0.717, 1.165) is 53.9 Å². The van der Waals surface area contributed by atoms with E-state index in [4.69, 9.17) is 15.0 Å². The second kappa shape index (κ2) is 7.84. The summed E-state index contributed by atoms with van der Waals surface area (Å²) < 4.78 is 6.48. The van der Waals surface area contributed by atoms with Crippen molar-refractivity contribution < 1.29 is 4.74 Å². The van der Waals surface area contributed by atoms with Gasteiger partial charge < -0.3 is 4.74 Å². The lowest BCUT2D eigenvalue weighted by atomic mass is 9.40. The number of nitriles is 1. The van der Waals surface area contributed by atoms with Crippen LogP contribution in [0.3, 0.4) is 0 Å². The van der Waals surface area contributed by atoms with E-state index in [1.807, 2.05) is 24.9 Å². The summed E-state index contributed by atoms with van der Waals surface area (Å²) >= 11 is 3.55. The molecule has 0 aliphatic carbocycles. The van der Waals surface area contributed by atoms with Crippen LogP contribution in [0, 0.1) is 17.1 Å². The molecular weight excluding hydrogens is 343 g/mol. The number of rotatable bonds is 2. The molecule has 0 aromatic rings. The first-order valence-electron chi connectivity index (χ1n) is 7.89. The maximum atomic E-state index is 9.13. The molecule has 22 heavy (non-hydrogen) atoms. The fourth-order valence-corrected chi connectivity index (χ4v) is 3.39. The molecule has 1 unspecified atom stereocenters. The van der Waals surface area contributed by atoms with E-state index in [-0.39, 0.29) is 6.71 Å². The summed E-state index contributed by atoms with van der Waals surface area (Å²) in [7, 11) is 1.67. The van der Waals surface area contributed by atoms with Crippen LogP contribution in [-0.2, 0) is 4.74 Å². The Kier molecular flexibility index (Phi) is 6.10. The monoisotopic (exact) mass is 364 g/mol. The summed E-state index contributed by atoms with van der Waals surface area (Å²) in [6.07, 6.45) is 6.11. The van der Waals surface area contributed by atoms with Crippen LogP contribution in [0.4, 0.5) is 0 Å². The van der Waals surface area contributed by atoms with E-state index in [1.54, 1.807) is 7.11 Å². The van der Waals surface area contributed by atoms with Gasteiger partial charge in [-0.3, -0.25) is 0 Å². The molecule has 0 bridgehead atoms. The first-order chi connectivity index (χ1) is 10.7. The largest absolute Gasteiger partial charge is 0.481 e. The molecule has 1 fully saturated rings. The lowest BCUT2D eigenvalue weighted by Gasteiger charge is -2.29. The van der Waals surface area contributed by atoms with Gasteiger partial charge in [0.15, 0.2) is 5.82 Å². The van der Waals surface area contributed by atoms with Crippen molar-refractivity contribution in [3.05, 3.63) is 22.3 Å². The second-order valence-corrected chi connectivity index (χ2v) is 6.27. The van der Waals surface area contributed by atoms with E-state index in [9.17, 15) is 0 Å². The number of hydrogen-bond donors (Lipinski definition) is 1. The Hall–Kier alpha value is -1.26. The zero-order valence-electron chi connectivity index (χ0n) is 13.4. The fourth-order valence-electron chi connectivity index (χ4n) is 3.00. The average Bonchev–Trinajstić information content (AvgIpc) is 2.97. The minimum absolute atomic E-state index is 0.160. The van der Waals surface area contributed by atoms with Gasteiger partial charge >= 0.3 is 0 Å². The average molecular weight is 365 g/mol. The van der Waals surface area contributed by atoms with Crippen molar-refractivity contribution in [2.24, 2.45) is 10.9 Å². The number of hydrogen-bond acceptors (Lipinski definition) is 5. The lowest BCUT2D eigenvalue weighted by molar-refractivity contribution is 0.152. The fraction of sp³-hybridized carbons (Fsp3) is 0.600. The van der Waals surface area contributed by atoms with Gasteiger partial charge in [-0.2, -0.15) is 0 Å². The first-order valence-corrected chi connectivity index (χ1v) is 8.68. The van der Waals surface area contributed by atoms with Crippen molar-refractivity contribution in [1.29, 1.82) is 5.26 Å². The summed E-state index contributed by atoms with van der Waals surface area (Å²) in [5.74, 6) is 4.39.